The average molecular weight is 452 g/mol. The highest BCUT2D eigenvalue weighted by molar-refractivity contribution is 6.32. The van der Waals surface area contributed by atoms with Crippen molar-refractivity contribution >= 4 is 52.4 Å². The smallest absolute Gasteiger partial charge is 0.342 e. The molecule has 0 atom stereocenters. The number of esters is 1. The Kier molecular flexibility index (Phi) is 7.70. The zero-order valence-electron chi connectivity index (χ0n) is 17.3. The number of carbonyl (C=O) groups excluding carboxylic acids is 1. The molecule has 2 aromatic heterocycles. The molecule has 0 aliphatic carbocycles. The van der Waals surface area contributed by atoms with Gasteiger partial charge in [0.25, 0.3) is 0 Å². The summed E-state index contributed by atoms with van der Waals surface area (Å²) in [5, 5.41) is 4.35. The third-order valence-electron chi connectivity index (χ3n) is 4.17. The molecule has 0 radical (unpaired) electrons. The summed E-state index contributed by atoms with van der Waals surface area (Å²) in [6, 6.07) is 7.05. The summed E-state index contributed by atoms with van der Waals surface area (Å²) in [6.45, 7) is 5.46. The second-order valence-electron chi connectivity index (χ2n) is 6.64. The second-order valence-corrected chi connectivity index (χ2v) is 7.04. The van der Waals surface area contributed by atoms with Gasteiger partial charge in [0.2, 0.25) is 0 Å². The van der Waals surface area contributed by atoms with Gasteiger partial charge in [-0.1, -0.05) is 11.6 Å². The fourth-order valence-electron chi connectivity index (χ4n) is 2.83. The molecule has 0 spiro atoms. The van der Waals surface area contributed by atoms with Crippen LogP contribution in [0.5, 0.6) is 11.5 Å². The summed E-state index contributed by atoms with van der Waals surface area (Å²) in [6.07, 6.45) is 1.19. The minimum atomic E-state index is -0.489. The largest absolute Gasteiger partial charge is 0.495 e. The molecule has 0 saturated carbocycles. The minimum absolute atomic E-state index is 0. The van der Waals surface area contributed by atoms with Gasteiger partial charge in [-0.05, 0) is 32.9 Å². The Bertz CT molecular complexity index is 1070. The third kappa shape index (κ3) is 4.86. The first kappa shape index (κ1) is 23.5. The molecule has 0 saturated heterocycles. The van der Waals surface area contributed by atoms with Crippen LogP contribution in [-0.4, -0.2) is 36.3 Å². The highest BCUT2D eigenvalue weighted by Crippen LogP contribution is 2.39. The first-order valence-electron chi connectivity index (χ1n) is 9.00. The first-order chi connectivity index (χ1) is 13.8. The lowest BCUT2D eigenvalue weighted by molar-refractivity contribution is 0.0379. The quantitative estimate of drug-likeness (QED) is 0.506. The Balaban J connectivity index is 0.00000320. The lowest BCUT2D eigenvalue weighted by Gasteiger charge is -2.18. The maximum Gasteiger partial charge on any atom is 0.342 e. The Morgan fingerprint density at radius 3 is 2.47 bits per heavy atom. The van der Waals surface area contributed by atoms with Gasteiger partial charge in [0.1, 0.15) is 17.1 Å². The molecular formula is C21H23Cl2N3O4. The predicted octanol–water partition coefficient (Wildman–Crippen LogP) is 5.34. The monoisotopic (exact) mass is 451 g/mol. The van der Waals surface area contributed by atoms with Crippen LogP contribution in [-0.2, 0) is 4.74 Å². The number of aromatic nitrogens is 2. The maximum absolute atomic E-state index is 12.7. The molecular weight excluding hydrogens is 429 g/mol. The van der Waals surface area contributed by atoms with E-state index in [1.165, 1.54) is 20.4 Å². The summed E-state index contributed by atoms with van der Waals surface area (Å²) in [5.74, 6) is 0.468. The van der Waals surface area contributed by atoms with Crippen molar-refractivity contribution in [2.45, 2.75) is 26.9 Å². The molecule has 9 heteroatoms. The molecule has 1 N–H and O–H groups in total. The van der Waals surface area contributed by atoms with Gasteiger partial charge in [0, 0.05) is 29.4 Å². The lowest BCUT2D eigenvalue weighted by atomic mass is 10.1. The molecule has 0 fully saturated rings. The van der Waals surface area contributed by atoms with E-state index in [1.54, 1.807) is 26.0 Å². The number of methoxy groups -OCH3 is 2. The van der Waals surface area contributed by atoms with Gasteiger partial charge in [0.15, 0.2) is 5.65 Å². The normalized spacial score (nSPS) is 10.5. The summed E-state index contributed by atoms with van der Waals surface area (Å²) in [5.41, 5.74) is 2.69. The summed E-state index contributed by atoms with van der Waals surface area (Å²) >= 11 is 6.21. The Hall–Kier alpha value is -2.77. The number of carbonyl (C=O) groups is 1. The number of anilines is 2. The van der Waals surface area contributed by atoms with Crippen molar-refractivity contribution in [3.05, 3.63) is 46.7 Å². The second kappa shape index (κ2) is 9.82. The fourth-order valence-corrected chi connectivity index (χ4v) is 3.06. The lowest BCUT2D eigenvalue weighted by Crippen LogP contribution is -2.14. The van der Waals surface area contributed by atoms with E-state index in [0.29, 0.717) is 38.9 Å². The van der Waals surface area contributed by atoms with Crippen molar-refractivity contribution in [3.63, 3.8) is 0 Å². The highest BCUT2D eigenvalue weighted by Gasteiger charge is 2.20. The zero-order chi connectivity index (χ0) is 21.1. The van der Waals surface area contributed by atoms with Crippen LogP contribution in [0, 0.1) is 6.92 Å². The predicted molar refractivity (Wildman–Crippen MR) is 120 cm³/mol. The number of fused-ring (bicyclic) bond motifs is 1. The van der Waals surface area contributed by atoms with Crippen LogP contribution in [0.4, 0.5) is 11.4 Å². The number of pyridine rings is 2. The SMILES string of the molecule is COc1cc(Nc2c(C(=O)OC(C)C)cnc3nc(C)ccc23)c(OC)cc1Cl.Cl. The molecule has 3 aromatic rings. The van der Waals surface area contributed by atoms with Crippen molar-refractivity contribution in [2.24, 2.45) is 0 Å². The van der Waals surface area contributed by atoms with Gasteiger partial charge in [0.05, 0.1) is 36.7 Å². The van der Waals surface area contributed by atoms with Crippen LogP contribution in [0.2, 0.25) is 5.02 Å². The van der Waals surface area contributed by atoms with Crippen LogP contribution in [0.3, 0.4) is 0 Å². The van der Waals surface area contributed by atoms with Gasteiger partial charge >= 0.3 is 5.97 Å². The van der Waals surface area contributed by atoms with E-state index in [2.05, 4.69) is 15.3 Å². The van der Waals surface area contributed by atoms with E-state index in [9.17, 15) is 4.79 Å². The van der Waals surface area contributed by atoms with Crippen LogP contribution < -0.4 is 14.8 Å². The Morgan fingerprint density at radius 1 is 1.13 bits per heavy atom. The average Bonchev–Trinajstić information content (AvgIpc) is 2.68. The van der Waals surface area contributed by atoms with E-state index in [1.807, 2.05) is 19.1 Å². The van der Waals surface area contributed by atoms with Crippen LogP contribution >= 0.6 is 24.0 Å². The van der Waals surface area contributed by atoms with Crippen LogP contribution in [0.1, 0.15) is 29.9 Å². The van der Waals surface area contributed by atoms with Crippen molar-refractivity contribution < 1.29 is 19.0 Å². The highest BCUT2D eigenvalue weighted by atomic mass is 35.5. The molecule has 1 aromatic carbocycles. The van der Waals surface area contributed by atoms with Crippen molar-refractivity contribution in [1.82, 2.24) is 9.97 Å². The maximum atomic E-state index is 12.7. The molecule has 0 bridgehead atoms. The Labute approximate surface area is 186 Å². The van der Waals surface area contributed by atoms with E-state index in [0.717, 1.165) is 5.69 Å². The van der Waals surface area contributed by atoms with Crippen molar-refractivity contribution in [3.8, 4) is 11.5 Å². The zero-order valence-corrected chi connectivity index (χ0v) is 18.9. The molecule has 7 nitrogen and oxygen atoms in total. The standard InChI is InChI=1S/C21H22ClN3O4.ClH/c1-11(2)29-21(26)14-10-23-20-13(7-6-12(3)24-20)19(14)25-16-9-17(27-4)15(22)8-18(16)28-5;/h6-11H,1-5H3,(H,23,24,25);1H. The molecule has 2 heterocycles. The third-order valence-corrected chi connectivity index (χ3v) is 4.46. The van der Waals surface area contributed by atoms with E-state index in [4.69, 9.17) is 25.8 Å². The van der Waals surface area contributed by atoms with E-state index in [-0.39, 0.29) is 24.1 Å². The fraction of sp³-hybridized carbons (Fsp3) is 0.286. The van der Waals surface area contributed by atoms with E-state index < -0.39 is 5.97 Å². The number of nitrogens with one attached hydrogen (secondary N) is 1. The van der Waals surface area contributed by atoms with Crippen molar-refractivity contribution in [2.75, 3.05) is 19.5 Å². The molecule has 0 aliphatic heterocycles. The number of hydrogen-bond acceptors (Lipinski definition) is 7. The summed E-state index contributed by atoms with van der Waals surface area (Å²) < 4.78 is 16.1. The van der Waals surface area contributed by atoms with E-state index >= 15 is 0 Å². The number of nitrogens with zero attached hydrogens (tertiary/aromatic N) is 2. The number of benzene rings is 1. The topological polar surface area (TPSA) is 82.6 Å². The van der Waals surface area contributed by atoms with Crippen LogP contribution in [0.25, 0.3) is 11.0 Å². The van der Waals surface area contributed by atoms with Gasteiger partial charge in [-0.15, -0.1) is 12.4 Å². The van der Waals surface area contributed by atoms with Gasteiger partial charge in [-0.25, -0.2) is 14.8 Å². The van der Waals surface area contributed by atoms with Gasteiger partial charge in [-0.2, -0.15) is 0 Å². The van der Waals surface area contributed by atoms with Crippen LogP contribution in [0.15, 0.2) is 30.5 Å². The molecule has 3 rings (SSSR count). The first-order valence-corrected chi connectivity index (χ1v) is 9.37. The van der Waals surface area contributed by atoms with Gasteiger partial charge < -0.3 is 19.5 Å². The molecule has 160 valence electrons. The summed E-state index contributed by atoms with van der Waals surface area (Å²) in [7, 11) is 3.06. The molecule has 30 heavy (non-hydrogen) atoms. The Morgan fingerprint density at radius 2 is 1.83 bits per heavy atom. The molecule has 0 amide bonds. The number of halogens is 2. The molecule has 0 unspecified atom stereocenters. The van der Waals surface area contributed by atoms with Gasteiger partial charge in [-0.3, -0.25) is 0 Å². The summed E-state index contributed by atoms with van der Waals surface area (Å²) in [4.78, 5) is 21.5. The number of aryl methyl sites for hydroxylation is 1. The number of rotatable bonds is 6. The minimum Gasteiger partial charge on any atom is -0.495 e. The number of ether oxygens (including phenoxy) is 3. The van der Waals surface area contributed by atoms with Crippen molar-refractivity contribution in [1.29, 1.82) is 0 Å². The number of hydrogen-bond donors (Lipinski definition) is 1. The molecule has 0 aliphatic rings.